The Kier molecular flexibility index (Phi) is 5.78. The van der Waals surface area contributed by atoms with Gasteiger partial charge in [-0.3, -0.25) is 9.59 Å². The van der Waals surface area contributed by atoms with E-state index in [0.717, 1.165) is 0 Å². The molecule has 3 N–H and O–H groups in total. The molecule has 1 saturated heterocycles. The van der Waals surface area contributed by atoms with Crippen LogP contribution in [-0.2, 0) is 0 Å². The third-order valence-corrected chi connectivity index (χ3v) is 5.66. The molecule has 0 spiro atoms. The number of carbonyl (C=O) groups excluding carboxylic acids is 3. The SMILES string of the molecule is CC(=O)c1ccc(-c2ccc(C3NC(=O)NC(O)(C(F)(F)F)C3C(=O)c3ccccc3)o2)cc1. The maximum atomic E-state index is 14.0. The molecule has 4 rings (SSSR count). The lowest BCUT2D eigenvalue weighted by molar-refractivity contribution is -0.288. The molecule has 3 unspecified atom stereocenters. The summed E-state index contributed by atoms with van der Waals surface area (Å²) in [6.45, 7) is 1.41. The van der Waals surface area contributed by atoms with E-state index < -0.39 is 35.7 Å². The minimum Gasteiger partial charge on any atom is -0.459 e. The molecule has 10 heteroatoms. The van der Waals surface area contributed by atoms with Crippen LogP contribution in [0.3, 0.4) is 0 Å². The summed E-state index contributed by atoms with van der Waals surface area (Å²) < 4.78 is 47.7. The zero-order chi connectivity index (χ0) is 24.7. The zero-order valence-electron chi connectivity index (χ0n) is 17.7. The number of carbonyl (C=O) groups is 3. The summed E-state index contributed by atoms with van der Waals surface area (Å²) in [4.78, 5) is 36.8. The predicted octanol–water partition coefficient (Wildman–Crippen LogP) is 4.25. The summed E-state index contributed by atoms with van der Waals surface area (Å²) in [6.07, 6.45) is -5.37. The van der Waals surface area contributed by atoms with Gasteiger partial charge in [-0.15, -0.1) is 0 Å². The maximum absolute atomic E-state index is 14.0. The number of halogens is 3. The zero-order valence-corrected chi connectivity index (χ0v) is 17.7. The summed E-state index contributed by atoms with van der Waals surface area (Å²) in [5.74, 6) is -3.29. The van der Waals surface area contributed by atoms with E-state index in [0.29, 0.717) is 11.1 Å². The number of nitrogens with one attached hydrogen (secondary N) is 2. The van der Waals surface area contributed by atoms with E-state index in [2.05, 4.69) is 5.32 Å². The molecule has 2 aromatic carbocycles. The van der Waals surface area contributed by atoms with Crippen molar-refractivity contribution in [2.24, 2.45) is 5.92 Å². The fourth-order valence-corrected chi connectivity index (χ4v) is 3.90. The number of Topliss-reactive ketones (excluding diaryl/α,β-unsaturated/α-hetero) is 2. The summed E-state index contributed by atoms with van der Waals surface area (Å²) >= 11 is 0. The van der Waals surface area contributed by atoms with Crippen molar-refractivity contribution in [1.82, 2.24) is 10.6 Å². The fourth-order valence-electron chi connectivity index (χ4n) is 3.90. The Balaban J connectivity index is 1.77. The summed E-state index contributed by atoms with van der Waals surface area (Å²) in [5.41, 5.74) is -2.94. The average Bonchev–Trinajstić information content (AvgIpc) is 3.28. The van der Waals surface area contributed by atoms with Gasteiger partial charge in [0.25, 0.3) is 0 Å². The lowest BCUT2D eigenvalue weighted by Gasteiger charge is -2.44. The molecule has 0 radical (unpaired) electrons. The quantitative estimate of drug-likeness (QED) is 0.481. The van der Waals surface area contributed by atoms with Crippen LogP contribution in [0.15, 0.2) is 71.1 Å². The molecule has 2 heterocycles. The van der Waals surface area contributed by atoms with Crippen molar-refractivity contribution >= 4 is 17.6 Å². The van der Waals surface area contributed by atoms with E-state index in [1.807, 2.05) is 0 Å². The highest BCUT2D eigenvalue weighted by Gasteiger charge is 2.66. The minimum atomic E-state index is -5.37. The van der Waals surface area contributed by atoms with Gasteiger partial charge in [0.05, 0.1) is 0 Å². The number of amides is 2. The summed E-state index contributed by atoms with van der Waals surface area (Å²) in [7, 11) is 0. The second kappa shape index (κ2) is 8.45. The van der Waals surface area contributed by atoms with Gasteiger partial charge in [0.2, 0.25) is 5.72 Å². The molecular formula is C24H19F3N2O5. The molecule has 1 aliphatic rings. The van der Waals surface area contributed by atoms with E-state index in [9.17, 15) is 32.7 Å². The number of hydrogen-bond donors (Lipinski definition) is 3. The van der Waals surface area contributed by atoms with Gasteiger partial charge >= 0.3 is 12.2 Å². The van der Waals surface area contributed by atoms with E-state index in [-0.39, 0.29) is 22.9 Å². The number of alkyl halides is 3. The largest absolute Gasteiger partial charge is 0.459 e. The first-order valence-electron chi connectivity index (χ1n) is 10.2. The second-order valence-corrected chi connectivity index (χ2v) is 7.88. The van der Waals surface area contributed by atoms with Gasteiger partial charge in [0.1, 0.15) is 23.5 Å². The fraction of sp³-hybridized carbons (Fsp3) is 0.208. The standard InChI is InChI=1S/C24H19F3N2O5/c1-13(30)14-7-9-15(10-8-14)17-11-12-18(34-17)20-19(21(31)16-5-3-2-4-6-16)23(33,24(25,26)27)29-22(32)28-20/h2-12,19-20,33H,1H3,(H2,28,29,32). The first kappa shape index (κ1) is 23.2. The summed E-state index contributed by atoms with van der Waals surface area (Å²) in [6, 6.07) is 13.3. The van der Waals surface area contributed by atoms with Gasteiger partial charge in [-0.05, 0) is 19.1 Å². The van der Waals surface area contributed by atoms with Crippen molar-refractivity contribution in [2.45, 2.75) is 24.9 Å². The minimum absolute atomic E-state index is 0.0790. The lowest BCUT2D eigenvalue weighted by Crippen LogP contribution is -2.72. The first-order chi connectivity index (χ1) is 16.0. The predicted molar refractivity (Wildman–Crippen MR) is 114 cm³/mol. The normalized spacial score (nSPS) is 22.6. The van der Waals surface area contributed by atoms with Crippen LogP contribution in [0.25, 0.3) is 11.3 Å². The van der Waals surface area contributed by atoms with Gasteiger partial charge in [0, 0.05) is 16.7 Å². The van der Waals surface area contributed by atoms with E-state index in [1.165, 1.54) is 48.6 Å². The Morgan fingerprint density at radius 3 is 2.21 bits per heavy atom. The average molecular weight is 472 g/mol. The van der Waals surface area contributed by atoms with Crippen LogP contribution in [0.2, 0.25) is 0 Å². The van der Waals surface area contributed by atoms with Crippen LogP contribution in [0.1, 0.15) is 39.4 Å². The molecular weight excluding hydrogens is 453 g/mol. The number of ketones is 2. The van der Waals surface area contributed by atoms with Crippen molar-refractivity contribution in [3.8, 4) is 11.3 Å². The molecule has 2 amide bonds. The van der Waals surface area contributed by atoms with Crippen molar-refractivity contribution in [3.63, 3.8) is 0 Å². The van der Waals surface area contributed by atoms with Crippen LogP contribution < -0.4 is 10.6 Å². The van der Waals surface area contributed by atoms with Crippen molar-refractivity contribution in [1.29, 1.82) is 0 Å². The highest BCUT2D eigenvalue weighted by Crippen LogP contribution is 2.44. The Morgan fingerprint density at radius 2 is 1.62 bits per heavy atom. The number of urea groups is 1. The molecule has 0 saturated carbocycles. The highest BCUT2D eigenvalue weighted by molar-refractivity contribution is 6.00. The number of hydrogen-bond acceptors (Lipinski definition) is 5. The molecule has 0 aliphatic carbocycles. The monoisotopic (exact) mass is 472 g/mol. The molecule has 34 heavy (non-hydrogen) atoms. The van der Waals surface area contributed by atoms with E-state index in [4.69, 9.17) is 4.42 Å². The topological polar surface area (TPSA) is 109 Å². The van der Waals surface area contributed by atoms with Crippen LogP contribution >= 0.6 is 0 Å². The third-order valence-electron chi connectivity index (χ3n) is 5.66. The molecule has 1 aromatic heterocycles. The van der Waals surface area contributed by atoms with Gasteiger partial charge in [0.15, 0.2) is 11.6 Å². The van der Waals surface area contributed by atoms with Gasteiger partial charge in [-0.25, -0.2) is 4.79 Å². The molecule has 1 fully saturated rings. The molecule has 0 bridgehead atoms. The van der Waals surface area contributed by atoms with Crippen LogP contribution in [0.5, 0.6) is 0 Å². The maximum Gasteiger partial charge on any atom is 0.437 e. The molecule has 176 valence electrons. The van der Waals surface area contributed by atoms with Gasteiger partial charge < -0.3 is 20.2 Å². The van der Waals surface area contributed by atoms with Crippen molar-refractivity contribution in [3.05, 3.63) is 83.6 Å². The van der Waals surface area contributed by atoms with Crippen LogP contribution in [0, 0.1) is 5.92 Å². The third kappa shape index (κ3) is 4.08. The second-order valence-electron chi connectivity index (χ2n) is 7.88. The van der Waals surface area contributed by atoms with Crippen molar-refractivity contribution in [2.75, 3.05) is 0 Å². The number of furan rings is 1. The Bertz CT molecular complexity index is 1240. The van der Waals surface area contributed by atoms with Crippen LogP contribution in [0.4, 0.5) is 18.0 Å². The lowest BCUT2D eigenvalue weighted by atomic mass is 9.79. The number of benzene rings is 2. The molecule has 1 aliphatic heterocycles. The van der Waals surface area contributed by atoms with Gasteiger partial charge in [-0.2, -0.15) is 13.2 Å². The smallest absolute Gasteiger partial charge is 0.437 e. The van der Waals surface area contributed by atoms with Crippen LogP contribution in [-0.4, -0.2) is 34.6 Å². The van der Waals surface area contributed by atoms with E-state index >= 15 is 0 Å². The Hall–Kier alpha value is -3.92. The Morgan fingerprint density at radius 1 is 0.971 bits per heavy atom. The molecule has 7 nitrogen and oxygen atoms in total. The Labute approximate surface area is 191 Å². The molecule has 3 aromatic rings. The first-order valence-corrected chi connectivity index (χ1v) is 10.2. The summed E-state index contributed by atoms with van der Waals surface area (Å²) in [5, 5.41) is 14.4. The number of aliphatic hydroxyl groups is 1. The number of rotatable bonds is 5. The molecule has 3 atom stereocenters. The van der Waals surface area contributed by atoms with E-state index in [1.54, 1.807) is 30.3 Å². The van der Waals surface area contributed by atoms with Crippen molar-refractivity contribution < 1.29 is 37.1 Å². The van der Waals surface area contributed by atoms with Gasteiger partial charge in [-0.1, -0.05) is 54.6 Å². The highest BCUT2D eigenvalue weighted by atomic mass is 19.4.